The molecule has 1 spiro atoms. The third-order valence-corrected chi connectivity index (χ3v) is 8.14. The maximum Gasteiger partial charge on any atom is 0.407 e. The van der Waals surface area contributed by atoms with Gasteiger partial charge in [0.05, 0.1) is 18.6 Å². The first-order valence-corrected chi connectivity index (χ1v) is 12.8. The first-order chi connectivity index (χ1) is 16.7. The van der Waals surface area contributed by atoms with Gasteiger partial charge in [0.2, 0.25) is 5.91 Å². The van der Waals surface area contributed by atoms with Crippen molar-refractivity contribution >= 4 is 12.0 Å². The van der Waals surface area contributed by atoms with E-state index in [9.17, 15) is 14.1 Å². The summed E-state index contributed by atoms with van der Waals surface area (Å²) < 4.78 is 36.1. The van der Waals surface area contributed by atoms with E-state index in [1.807, 2.05) is 0 Å². The summed E-state index contributed by atoms with van der Waals surface area (Å²) in [5.41, 5.74) is 1.99. The first-order valence-electron chi connectivity index (χ1n) is 12.8. The van der Waals surface area contributed by atoms with Crippen molar-refractivity contribution in [1.29, 1.82) is 0 Å². The van der Waals surface area contributed by atoms with E-state index in [0.29, 0.717) is 13.0 Å². The molecule has 0 aromatic heterocycles. The molecular formula is C25H40FN3O6. The van der Waals surface area contributed by atoms with Crippen molar-refractivity contribution in [3.63, 3.8) is 0 Å². The predicted molar refractivity (Wildman–Crippen MR) is 126 cm³/mol. The van der Waals surface area contributed by atoms with E-state index in [-0.39, 0.29) is 60.0 Å². The number of carbonyl (C=O) groups excluding carboxylic acids is 2. The number of carbonyl (C=O) groups is 2. The molecule has 6 atom stereocenters. The van der Waals surface area contributed by atoms with Gasteiger partial charge in [-0.3, -0.25) is 4.79 Å². The van der Waals surface area contributed by atoms with E-state index in [0.717, 1.165) is 38.5 Å². The summed E-state index contributed by atoms with van der Waals surface area (Å²) in [4.78, 5) is 24.4. The largest absolute Gasteiger partial charge is 0.443 e. The number of allylic oxidation sites excluding steroid dienone is 1. The summed E-state index contributed by atoms with van der Waals surface area (Å²) in [5.74, 6) is -0.380. The van der Waals surface area contributed by atoms with Crippen LogP contribution in [-0.4, -0.2) is 73.9 Å². The standard InChI is InChI=1S/C25H40FN3O6/c1-15(2)5-10-19-24(3,35-19)22-21(32-4)18(11-12-25(22)14-33-25)34-23(31)29-17-8-6-16(7-9-17)28-20(30)13-27-26/h5,16-19,21-22,27H,6-14H2,1-4H3,(H,28,30)(H,29,31)/t16?,17?,18?,19-,21?,22?,24?,25+/m1/s1. The fourth-order valence-electron chi connectivity index (χ4n) is 6.13. The average molecular weight is 498 g/mol. The number of alkyl carbamates (subject to hydrolysis) is 1. The highest BCUT2D eigenvalue weighted by atomic mass is 19.2. The van der Waals surface area contributed by atoms with Gasteiger partial charge in [-0.15, -0.1) is 10.0 Å². The molecule has 0 aromatic rings. The van der Waals surface area contributed by atoms with Crippen molar-refractivity contribution in [2.75, 3.05) is 20.3 Å². The van der Waals surface area contributed by atoms with Gasteiger partial charge >= 0.3 is 6.09 Å². The van der Waals surface area contributed by atoms with E-state index in [2.05, 4.69) is 37.5 Å². The number of amides is 2. The summed E-state index contributed by atoms with van der Waals surface area (Å²) in [6, 6.07) is -0.0265. The molecule has 2 aliphatic carbocycles. The Hall–Kier alpha value is -1.75. The molecule has 0 aromatic carbocycles. The number of ether oxygens (including phenoxy) is 4. The molecule has 4 fully saturated rings. The zero-order chi connectivity index (χ0) is 25.2. The normalized spacial score (nSPS) is 40.0. The number of epoxide rings is 2. The lowest BCUT2D eigenvalue weighted by Crippen LogP contribution is -2.56. The average Bonchev–Trinajstić information content (AvgIpc) is 3.72. The molecule has 10 heteroatoms. The van der Waals surface area contributed by atoms with Crippen molar-refractivity contribution in [3.8, 4) is 0 Å². The van der Waals surface area contributed by atoms with Crippen LogP contribution in [0.15, 0.2) is 11.6 Å². The highest BCUT2D eigenvalue weighted by Crippen LogP contribution is 2.59. The Kier molecular flexibility index (Phi) is 8.05. The van der Waals surface area contributed by atoms with Gasteiger partial charge in [0.1, 0.15) is 30.0 Å². The minimum Gasteiger partial charge on any atom is -0.443 e. The van der Waals surface area contributed by atoms with Crippen molar-refractivity contribution < 1.29 is 33.0 Å². The van der Waals surface area contributed by atoms with E-state index >= 15 is 0 Å². The van der Waals surface area contributed by atoms with Crippen molar-refractivity contribution in [2.45, 2.75) is 107 Å². The molecule has 2 aliphatic heterocycles. The van der Waals surface area contributed by atoms with E-state index in [4.69, 9.17) is 18.9 Å². The second-order valence-electron chi connectivity index (χ2n) is 10.9. The topological polar surface area (TPSA) is 114 Å². The minimum absolute atomic E-state index is 0.00445. The second-order valence-corrected chi connectivity index (χ2v) is 10.9. The SMILES string of the molecule is COC1C(OC(=O)NC2CCC(NC(=O)CNF)CC2)CC[C@]2(CO2)C1C1(C)O[C@@H]1CC=C(C)C. The smallest absolute Gasteiger partial charge is 0.407 e. The Bertz CT molecular complexity index is 809. The fourth-order valence-corrected chi connectivity index (χ4v) is 6.13. The minimum atomic E-state index is -0.444. The van der Waals surface area contributed by atoms with Gasteiger partial charge in [-0.25, -0.2) is 4.79 Å². The summed E-state index contributed by atoms with van der Waals surface area (Å²) in [7, 11) is 1.66. The molecule has 4 rings (SSSR count). The molecule has 35 heavy (non-hydrogen) atoms. The molecule has 2 heterocycles. The Morgan fingerprint density at radius 2 is 1.77 bits per heavy atom. The second kappa shape index (κ2) is 10.7. The zero-order valence-electron chi connectivity index (χ0n) is 21.2. The lowest BCUT2D eigenvalue weighted by molar-refractivity contribution is -0.121. The molecule has 2 saturated carbocycles. The highest BCUT2D eigenvalue weighted by molar-refractivity contribution is 5.78. The van der Waals surface area contributed by atoms with Crippen LogP contribution < -0.4 is 16.2 Å². The third kappa shape index (κ3) is 5.98. The van der Waals surface area contributed by atoms with Crippen LogP contribution in [0.5, 0.6) is 0 Å². The van der Waals surface area contributed by atoms with Gasteiger partial charge in [0, 0.05) is 19.2 Å². The van der Waals surface area contributed by atoms with Gasteiger partial charge in [-0.1, -0.05) is 11.6 Å². The van der Waals surface area contributed by atoms with Crippen LogP contribution in [0.4, 0.5) is 9.28 Å². The van der Waals surface area contributed by atoms with Crippen LogP contribution in [-0.2, 0) is 23.7 Å². The molecule has 4 unspecified atom stereocenters. The first kappa shape index (κ1) is 26.3. The molecule has 4 aliphatic rings. The summed E-state index contributed by atoms with van der Waals surface area (Å²) >= 11 is 0. The number of hydrogen-bond donors (Lipinski definition) is 3. The van der Waals surface area contributed by atoms with Crippen LogP contribution in [0.2, 0.25) is 0 Å². The van der Waals surface area contributed by atoms with Gasteiger partial charge in [-0.2, -0.15) is 0 Å². The lowest BCUT2D eigenvalue weighted by Gasteiger charge is -2.42. The van der Waals surface area contributed by atoms with Crippen LogP contribution in [0.1, 0.15) is 65.7 Å². The number of halogens is 1. The Balaban J connectivity index is 1.30. The van der Waals surface area contributed by atoms with Crippen LogP contribution in [0.3, 0.4) is 0 Å². The quantitative estimate of drug-likeness (QED) is 0.255. The molecule has 2 saturated heterocycles. The van der Waals surface area contributed by atoms with Crippen LogP contribution >= 0.6 is 0 Å². The van der Waals surface area contributed by atoms with Gasteiger partial charge in [-0.05, 0) is 65.7 Å². The van der Waals surface area contributed by atoms with Crippen LogP contribution in [0, 0.1) is 5.92 Å². The lowest BCUT2D eigenvalue weighted by atomic mass is 9.68. The van der Waals surface area contributed by atoms with Crippen molar-refractivity contribution in [1.82, 2.24) is 16.2 Å². The molecular weight excluding hydrogens is 457 g/mol. The molecule has 2 amide bonds. The Labute approximate surface area is 206 Å². The van der Waals surface area contributed by atoms with Gasteiger partial charge < -0.3 is 29.6 Å². The molecule has 3 N–H and O–H groups in total. The summed E-state index contributed by atoms with van der Waals surface area (Å²) in [6.45, 7) is 6.63. The van der Waals surface area contributed by atoms with Gasteiger partial charge in [0.25, 0.3) is 0 Å². The number of nitrogens with one attached hydrogen (secondary N) is 3. The van der Waals surface area contributed by atoms with E-state index in [1.54, 1.807) is 7.11 Å². The maximum atomic E-state index is 12.8. The zero-order valence-corrected chi connectivity index (χ0v) is 21.2. The fraction of sp³-hybridized carbons (Fsp3) is 0.840. The molecule has 0 bridgehead atoms. The predicted octanol–water partition coefficient (Wildman–Crippen LogP) is 2.69. The maximum absolute atomic E-state index is 12.8. The molecule has 9 nitrogen and oxygen atoms in total. The number of hydrogen-bond acceptors (Lipinski definition) is 7. The summed E-state index contributed by atoms with van der Waals surface area (Å²) in [5, 5.41) is 5.79. The monoisotopic (exact) mass is 497 g/mol. The highest BCUT2D eigenvalue weighted by Gasteiger charge is 2.72. The molecule has 0 radical (unpaired) electrons. The van der Waals surface area contributed by atoms with E-state index in [1.165, 1.54) is 11.1 Å². The summed E-state index contributed by atoms with van der Waals surface area (Å²) in [6.07, 6.45) is 6.38. The number of rotatable bonds is 9. The Morgan fingerprint density at radius 3 is 2.34 bits per heavy atom. The van der Waals surface area contributed by atoms with Gasteiger partial charge in [0.15, 0.2) is 0 Å². The van der Waals surface area contributed by atoms with Crippen molar-refractivity contribution in [3.05, 3.63) is 11.6 Å². The van der Waals surface area contributed by atoms with Crippen LogP contribution in [0.25, 0.3) is 0 Å². The third-order valence-electron chi connectivity index (χ3n) is 8.14. The van der Waals surface area contributed by atoms with Crippen molar-refractivity contribution in [2.24, 2.45) is 5.92 Å². The van der Waals surface area contributed by atoms with E-state index < -0.39 is 6.09 Å². The Morgan fingerprint density at radius 1 is 1.11 bits per heavy atom. The number of methoxy groups -OCH3 is 1. The molecule has 198 valence electrons.